The van der Waals surface area contributed by atoms with E-state index in [1.807, 2.05) is 11.4 Å². The van der Waals surface area contributed by atoms with Crippen molar-refractivity contribution < 1.29 is 9.72 Å². The van der Waals surface area contributed by atoms with Gasteiger partial charge in [0.15, 0.2) is 5.78 Å². The van der Waals surface area contributed by atoms with Crippen LogP contribution in [0.4, 0.5) is 5.69 Å². The fraction of sp³-hybridized carbons (Fsp3) is 0.154. The number of alkyl halides is 2. The minimum atomic E-state index is -0.449. The molecule has 4 nitrogen and oxygen atoms in total. The molecule has 1 heterocycles. The summed E-state index contributed by atoms with van der Waals surface area (Å²) < 4.78 is 0. The van der Waals surface area contributed by atoms with Crippen molar-refractivity contribution in [1.82, 2.24) is 0 Å². The Kier molecular flexibility index (Phi) is 5.06. The molecule has 0 radical (unpaired) electrons. The maximum atomic E-state index is 12.2. The SMILES string of the molecule is O=C(c1cccs1)[C@H](Br)[C@H](Br)c1ccc([N+](=O)[O-])cc1. The van der Waals surface area contributed by atoms with Gasteiger partial charge in [0.2, 0.25) is 0 Å². The second-order valence-electron chi connectivity index (χ2n) is 3.99. The van der Waals surface area contributed by atoms with Crippen molar-refractivity contribution in [2.45, 2.75) is 9.65 Å². The van der Waals surface area contributed by atoms with Crippen LogP contribution in [-0.4, -0.2) is 15.5 Å². The highest BCUT2D eigenvalue weighted by molar-refractivity contribution is 9.12. The summed E-state index contributed by atoms with van der Waals surface area (Å²) in [5.74, 6) is -0.0137. The molecule has 1 aromatic heterocycles. The van der Waals surface area contributed by atoms with Gasteiger partial charge in [0.05, 0.1) is 19.5 Å². The van der Waals surface area contributed by atoms with Gasteiger partial charge in [-0.15, -0.1) is 11.3 Å². The monoisotopic (exact) mass is 417 g/mol. The number of rotatable bonds is 5. The lowest BCUT2D eigenvalue weighted by Gasteiger charge is -2.15. The Morgan fingerprint density at radius 2 is 1.85 bits per heavy atom. The summed E-state index contributed by atoms with van der Waals surface area (Å²) in [5.41, 5.74) is 0.839. The molecule has 1 aromatic carbocycles. The Bertz CT molecular complexity index is 613. The van der Waals surface area contributed by atoms with Crippen LogP contribution < -0.4 is 0 Å². The maximum Gasteiger partial charge on any atom is 0.269 e. The number of thiophene rings is 1. The van der Waals surface area contributed by atoms with Crippen LogP contribution >= 0.6 is 43.2 Å². The fourth-order valence-electron chi connectivity index (χ4n) is 1.64. The van der Waals surface area contributed by atoms with Crippen LogP contribution in [0.5, 0.6) is 0 Å². The van der Waals surface area contributed by atoms with E-state index in [1.54, 1.807) is 18.2 Å². The summed E-state index contributed by atoms with van der Waals surface area (Å²) in [5, 5.41) is 12.5. The number of non-ortho nitro benzene ring substituents is 1. The first kappa shape index (κ1) is 15.3. The van der Waals surface area contributed by atoms with Crippen molar-refractivity contribution in [1.29, 1.82) is 0 Å². The van der Waals surface area contributed by atoms with E-state index < -0.39 is 9.75 Å². The minimum Gasteiger partial charge on any atom is -0.292 e. The maximum absolute atomic E-state index is 12.2. The van der Waals surface area contributed by atoms with E-state index >= 15 is 0 Å². The van der Waals surface area contributed by atoms with Gasteiger partial charge in [0.25, 0.3) is 5.69 Å². The Morgan fingerprint density at radius 1 is 1.20 bits per heavy atom. The van der Waals surface area contributed by atoms with Crippen LogP contribution in [-0.2, 0) is 0 Å². The molecular weight excluding hydrogens is 410 g/mol. The number of Topliss-reactive ketones (excluding diaryl/α,β-unsaturated/α-hetero) is 1. The van der Waals surface area contributed by atoms with Crippen LogP contribution in [0.1, 0.15) is 20.1 Å². The molecule has 0 spiro atoms. The number of carbonyl (C=O) groups is 1. The highest BCUT2D eigenvalue weighted by Crippen LogP contribution is 2.34. The fourth-order valence-corrected chi connectivity index (χ4v) is 3.59. The molecule has 0 unspecified atom stereocenters. The summed E-state index contributed by atoms with van der Waals surface area (Å²) in [7, 11) is 0. The molecule has 0 aliphatic rings. The summed E-state index contributed by atoms with van der Waals surface area (Å²) in [4.78, 5) is 22.4. The molecule has 0 saturated heterocycles. The zero-order valence-corrected chi connectivity index (χ0v) is 14.0. The van der Waals surface area contributed by atoms with Gasteiger partial charge in [-0.2, -0.15) is 0 Å². The Hall–Kier alpha value is -1.05. The van der Waals surface area contributed by atoms with Crippen molar-refractivity contribution in [3.8, 4) is 0 Å². The molecule has 2 aromatic rings. The molecule has 0 amide bonds. The molecule has 0 saturated carbocycles. The first-order chi connectivity index (χ1) is 9.50. The van der Waals surface area contributed by atoms with Gasteiger partial charge in [-0.1, -0.05) is 50.1 Å². The van der Waals surface area contributed by atoms with Gasteiger partial charge in [-0.25, -0.2) is 0 Å². The van der Waals surface area contributed by atoms with E-state index in [0.717, 1.165) is 5.56 Å². The number of nitro benzene ring substituents is 1. The quantitative estimate of drug-likeness (QED) is 0.305. The number of benzene rings is 1. The molecule has 0 fully saturated rings. The van der Waals surface area contributed by atoms with E-state index in [4.69, 9.17) is 0 Å². The number of hydrogen-bond donors (Lipinski definition) is 0. The molecule has 2 rings (SSSR count). The third-order valence-corrected chi connectivity index (χ3v) is 6.29. The topological polar surface area (TPSA) is 60.2 Å². The van der Waals surface area contributed by atoms with Crippen molar-refractivity contribution in [2.75, 3.05) is 0 Å². The van der Waals surface area contributed by atoms with E-state index in [9.17, 15) is 14.9 Å². The first-order valence-electron chi connectivity index (χ1n) is 5.61. The highest BCUT2D eigenvalue weighted by Gasteiger charge is 2.26. The average Bonchev–Trinajstić information content (AvgIpc) is 2.99. The standard InChI is InChI=1S/C13H9Br2NO3S/c14-11(8-3-5-9(6-4-8)16(18)19)12(15)13(17)10-2-1-7-20-10/h1-7,11-12H/t11-,12-/m1/s1. The third kappa shape index (κ3) is 3.34. The summed E-state index contributed by atoms with van der Waals surface area (Å²) >= 11 is 8.25. The number of nitrogens with zero attached hydrogens (tertiary/aromatic N) is 1. The lowest BCUT2D eigenvalue weighted by Crippen LogP contribution is -2.18. The van der Waals surface area contributed by atoms with E-state index in [1.165, 1.54) is 23.5 Å². The Balaban J connectivity index is 2.16. The lowest BCUT2D eigenvalue weighted by molar-refractivity contribution is -0.384. The van der Waals surface area contributed by atoms with E-state index in [0.29, 0.717) is 4.88 Å². The lowest BCUT2D eigenvalue weighted by atomic mass is 10.1. The minimum absolute atomic E-state index is 0.0137. The predicted octanol–water partition coefficient (Wildman–Crippen LogP) is 4.74. The zero-order chi connectivity index (χ0) is 14.7. The van der Waals surface area contributed by atoms with E-state index in [2.05, 4.69) is 31.9 Å². The molecule has 0 bridgehead atoms. The number of carbonyl (C=O) groups excluding carboxylic acids is 1. The van der Waals surface area contributed by atoms with Gasteiger partial charge in [-0.05, 0) is 17.0 Å². The first-order valence-corrected chi connectivity index (χ1v) is 8.32. The summed E-state index contributed by atoms with van der Waals surface area (Å²) in [6.07, 6.45) is 0. The third-order valence-electron chi connectivity index (χ3n) is 2.69. The second-order valence-corrected chi connectivity index (χ2v) is 6.91. The molecule has 7 heteroatoms. The van der Waals surface area contributed by atoms with Crippen molar-refractivity contribution >= 4 is 54.7 Å². The summed E-state index contributed by atoms with van der Waals surface area (Å²) in [6, 6.07) is 9.75. The highest BCUT2D eigenvalue weighted by atomic mass is 79.9. The van der Waals surface area contributed by atoms with Crippen LogP contribution in [0.3, 0.4) is 0 Å². The smallest absolute Gasteiger partial charge is 0.269 e. The molecular formula is C13H9Br2NO3S. The largest absolute Gasteiger partial charge is 0.292 e. The molecule has 2 atom stereocenters. The van der Waals surface area contributed by atoms with Crippen LogP contribution in [0.25, 0.3) is 0 Å². The molecule has 0 N–H and O–H groups in total. The normalized spacial score (nSPS) is 13.7. The molecule has 20 heavy (non-hydrogen) atoms. The number of nitro groups is 1. The van der Waals surface area contributed by atoms with Gasteiger partial charge in [0.1, 0.15) is 0 Å². The number of halogens is 2. The van der Waals surface area contributed by atoms with Crippen LogP contribution in [0, 0.1) is 10.1 Å². The molecule has 0 aliphatic carbocycles. The zero-order valence-electron chi connectivity index (χ0n) is 10.0. The second kappa shape index (κ2) is 6.60. The number of hydrogen-bond acceptors (Lipinski definition) is 4. The Labute approximate surface area is 136 Å². The molecule has 104 valence electrons. The van der Waals surface area contributed by atoms with Gasteiger partial charge >= 0.3 is 0 Å². The molecule has 0 aliphatic heterocycles. The van der Waals surface area contributed by atoms with Crippen molar-refractivity contribution in [2.24, 2.45) is 0 Å². The van der Waals surface area contributed by atoms with Crippen molar-refractivity contribution in [3.05, 3.63) is 62.3 Å². The Morgan fingerprint density at radius 3 is 2.35 bits per heavy atom. The van der Waals surface area contributed by atoms with Gasteiger partial charge < -0.3 is 0 Å². The number of ketones is 1. The van der Waals surface area contributed by atoms with Crippen LogP contribution in [0.15, 0.2) is 41.8 Å². The predicted molar refractivity (Wildman–Crippen MR) is 86.1 cm³/mol. The van der Waals surface area contributed by atoms with Crippen molar-refractivity contribution in [3.63, 3.8) is 0 Å². The van der Waals surface area contributed by atoms with E-state index in [-0.39, 0.29) is 16.3 Å². The summed E-state index contributed by atoms with van der Waals surface area (Å²) in [6.45, 7) is 0. The van der Waals surface area contributed by atoms with Gasteiger partial charge in [-0.3, -0.25) is 14.9 Å². The average molecular weight is 419 g/mol. The van der Waals surface area contributed by atoms with Gasteiger partial charge in [0, 0.05) is 12.1 Å². The van der Waals surface area contributed by atoms with Crippen LogP contribution in [0.2, 0.25) is 0 Å².